The van der Waals surface area contributed by atoms with E-state index in [0.29, 0.717) is 0 Å². The van der Waals surface area contributed by atoms with Crippen molar-refractivity contribution in [2.75, 3.05) is 18.8 Å². The molecule has 0 aliphatic carbocycles. The number of likely N-dealkylation sites (tertiary alicyclic amines) is 1. The zero-order valence-electron chi connectivity index (χ0n) is 12.1. The highest BCUT2D eigenvalue weighted by Crippen LogP contribution is 2.20. The first-order valence-corrected chi connectivity index (χ1v) is 8.76. The third-order valence-electron chi connectivity index (χ3n) is 3.88. The topological polar surface area (TPSA) is 80.5 Å². The largest absolute Gasteiger partial charge is 0.300 e. The van der Waals surface area contributed by atoms with Crippen LogP contribution in [0.5, 0.6) is 0 Å². The molecule has 116 valence electrons. The Morgan fingerprint density at radius 1 is 1.19 bits per heavy atom. The average Bonchev–Trinajstić information content (AvgIpc) is 2.48. The minimum atomic E-state index is -3.42. The summed E-state index contributed by atoms with van der Waals surface area (Å²) in [5.74, 6) is 0.0464. The summed E-state index contributed by atoms with van der Waals surface area (Å²) in [5.41, 5.74) is -0.0990. The number of hydrogen-bond donors (Lipinski definition) is 0. The van der Waals surface area contributed by atoms with Gasteiger partial charge in [-0.3, -0.25) is 15.0 Å². The molecule has 0 spiro atoms. The molecule has 1 aliphatic rings. The maximum Gasteiger partial charge on any atom is 0.269 e. The van der Waals surface area contributed by atoms with Gasteiger partial charge in [-0.1, -0.05) is 6.42 Å². The van der Waals surface area contributed by atoms with Crippen LogP contribution in [-0.2, 0) is 9.84 Å². The Balaban J connectivity index is 2.08. The number of rotatable bonds is 5. The Hall–Kier alpha value is -1.47. The van der Waals surface area contributed by atoms with Gasteiger partial charge in [0.1, 0.15) is 0 Å². The maximum absolute atomic E-state index is 12.4. The zero-order valence-corrected chi connectivity index (χ0v) is 12.9. The van der Waals surface area contributed by atoms with E-state index in [2.05, 4.69) is 4.90 Å². The van der Waals surface area contributed by atoms with Gasteiger partial charge in [0.15, 0.2) is 9.84 Å². The Kier molecular flexibility index (Phi) is 4.95. The van der Waals surface area contributed by atoms with Crippen LogP contribution in [0.3, 0.4) is 0 Å². The normalized spacial score (nSPS) is 18.3. The molecule has 0 amide bonds. The molecule has 1 aliphatic heterocycles. The standard InChI is InChI=1S/C14H20N2O4S/c1-12(15-9-3-2-4-10-15)11-21(19,20)14-7-5-13(6-8-14)16(17)18/h5-8,12H,2-4,9-11H2,1H3. The molecule has 1 aromatic carbocycles. The van der Waals surface area contributed by atoms with E-state index in [4.69, 9.17) is 0 Å². The van der Waals surface area contributed by atoms with Gasteiger partial charge in [-0.15, -0.1) is 0 Å². The smallest absolute Gasteiger partial charge is 0.269 e. The number of benzene rings is 1. The first kappa shape index (κ1) is 15.9. The minimum Gasteiger partial charge on any atom is -0.300 e. The van der Waals surface area contributed by atoms with Crippen molar-refractivity contribution >= 4 is 15.5 Å². The summed E-state index contributed by atoms with van der Waals surface area (Å²) in [6.45, 7) is 3.81. The number of non-ortho nitro benzene ring substituents is 1. The fourth-order valence-corrected chi connectivity index (χ4v) is 4.24. The van der Waals surface area contributed by atoms with E-state index < -0.39 is 14.8 Å². The van der Waals surface area contributed by atoms with Gasteiger partial charge in [0.25, 0.3) is 5.69 Å². The quantitative estimate of drug-likeness (QED) is 0.615. The Morgan fingerprint density at radius 2 is 1.76 bits per heavy atom. The molecular weight excluding hydrogens is 292 g/mol. The molecule has 0 radical (unpaired) electrons. The Bertz CT molecular complexity index is 592. The maximum atomic E-state index is 12.4. The van der Waals surface area contributed by atoms with Crippen LogP contribution in [0.1, 0.15) is 26.2 Å². The second-order valence-corrected chi connectivity index (χ2v) is 7.51. The molecular formula is C14H20N2O4S. The number of sulfone groups is 1. The number of nitro groups is 1. The molecule has 1 heterocycles. The number of piperidine rings is 1. The summed E-state index contributed by atoms with van der Waals surface area (Å²) in [5, 5.41) is 10.6. The SMILES string of the molecule is CC(CS(=O)(=O)c1ccc([N+](=O)[O-])cc1)N1CCCCC1. The van der Waals surface area contributed by atoms with Gasteiger partial charge in [-0.25, -0.2) is 8.42 Å². The monoisotopic (exact) mass is 312 g/mol. The third kappa shape index (κ3) is 4.01. The van der Waals surface area contributed by atoms with Gasteiger partial charge < -0.3 is 0 Å². The predicted octanol–water partition coefficient (Wildman–Crippen LogP) is 2.24. The van der Waals surface area contributed by atoms with Crippen molar-refractivity contribution in [2.24, 2.45) is 0 Å². The van der Waals surface area contributed by atoms with Crippen LogP contribution in [0.15, 0.2) is 29.2 Å². The van der Waals surface area contributed by atoms with Gasteiger partial charge in [-0.05, 0) is 45.0 Å². The molecule has 21 heavy (non-hydrogen) atoms. The molecule has 0 saturated carbocycles. The lowest BCUT2D eigenvalue weighted by Crippen LogP contribution is -2.41. The van der Waals surface area contributed by atoms with Crippen molar-refractivity contribution in [1.82, 2.24) is 4.90 Å². The molecule has 1 fully saturated rings. The predicted molar refractivity (Wildman–Crippen MR) is 80.0 cm³/mol. The lowest BCUT2D eigenvalue weighted by atomic mass is 10.1. The van der Waals surface area contributed by atoms with Crippen LogP contribution in [0.4, 0.5) is 5.69 Å². The van der Waals surface area contributed by atoms with Gasteiger partial charge in [-0.2, -0.15) is 0 Å². The molecule has 1 saturated heterocycles. The highest BCUT2D eigenvalue weighted by atomic mass is 32.2. The van der Waals surface area contributed by atoms with Gasteiger partial charge in [0.2, 0.25) is 0 Å². The van der Waals surface area contributed by atoms with Gasteiger partial charge in [0.05, 0.1) is 15.6 Å². The first-order chi connectivity index (χ1) is 9.90. The van der Waals surface area contributed by atoms with Gasteiger partial charge >= 0.3 is 0 Å². The summed E-state index contributed by atoms with van der Waals surface area (Å²) in [6.07, 6.45) is 3.43. The molecule has 7 heteroatoms. The van der Waals surface area contributed by atoms with Gasteiger partial charge in [0, 0.05) is 18.2 Å². The summed E-state index contributed by atoms with van der Waals surface area (Å²) in [6, 6.07) is 5.06. The molecule has 0 aromatic heterocycles. The third-order valence-corrected chi connectivity index (χ3v) is 5.79. The van der Waals surface area contributed by atoms with Crippen molar-refractivity contribution in [2.45, 2.75) is 37.1 Å². The van der Waals surface area contributed by atoms with E-state index in [1.807, 2.05) is 6.92 Å². The molecule has 1 aromatic rings. The molecule has 0 bridgehead atoms. The lowest BCUT2D eigenvalue weighted by Gasteiger charge is -2.32. The molecule has 0 N–H and O–H groups in total. The van der Waals surface area contributed by atoms with Crippen molar-refractivity contribution in [3.8, 4) is 0 Å². The van der Waals surface area contributed by atoms with Crippen molar-refractivity contribution in [1.29, 1.82) is 0 Å². The summed E-state index contributed by atoms with van der Waals surface area (Å²) >= 11 is 0. The van der Waals surface area contributed by atoms with E-state index in [9.17, 15) is 18.5 Å². The van der Waals surface area contributed by atoms with E-state index in [0.717, 1.165) is 25.9 Å². The van der Waals surface area contributed by atoms with Crippen molar-refractivity contribution < 1.29 is 13.3 Å². The van der Waals surface area contributed by atoms with Crippen LogP contribution in [0.2, 0.25) is 0 Å². The summed E-state index contributed by atoms with van der Waals surface area (Å²) < 4.78 is 24.7. The van der Waals surface area contributed by atoms with Crippen LogP contribution < -0.4 is 0 Å². The zero-order chi connectivity index (χ0) is 15.5. The average molecular weight is 312 g/mol. The number of hydrogen-bond acceptors (Lipinski definition) is 5. The molecule has 1 atom stereocenters. The van der Waals surface area contributed by atoms with E-state index in [1.54, 1.807) is 0 Å². The lowest BCUT2D eigenvalue weighted by molar-refractivity contribution is -0.384. The molecule has 1 unspecified atom stereocenters. The van der Waals surface area contributed by atoms with Crippen LogP contribution in [0.25, 0.3) is 0 Å². The van der Waals surface area contributed by atoms with E-state index in [1.165, 1.54) is 30.7 Å². The Labute approximate surface area is 124 Å². The molecule has 6 nitrogen and oxygen atoms in total. The van der Waals surface area contributed by atoms with Crippen LogP contribution in [-0.4, -0.2) is 43.1 Å². The number of nitro benzene ring substituents is 1. The summed E-state index contributed by atoms with van der Waals surface area (Å²) in [7, 11) is -3.42. The first-order valence-electron chi connectivity index (χ1n) is 7.11. The second-order valence-electron chi connectivity index (χ2n) is 5.48. The second kappa shape index (κ2) is 6.53. The number of nitrogens with zero attached hydrogens (tertiary/aromatic N) is 2. The minimum absolute atomic E-state index is 0.0366. The van der Waals surface area contributed by atoms with Crippen molar-refractivity contribution in [3.05, 3.63) is 34.4 Å². The highest BCUT2D eigenvalue weighted by molar-refractivity contribution is 7.91. The highest BCUT2D eigenvalue weighted by Gasteiger charge is 2.24. The van der Waals surface area contributed by atoms with Crippen LogP contribution >= 0.6 is 0 Å². The fourth-order valence-electron chi connectivity index (χ4n) is 2.65. The van der Waals surface area contributed by atoms with Crippen molar-refractivity contribution in [3.63, 3.8) is 0 Å². The van der Waals surface area contributed by atoms with E-state index >= 15 is 0 Å². The Morgan fingerprint density at radius 3 is 2.29 bits per heavy atom. The van der Waals surface area contributed by atoms with Crippen LogP contribution in [0, 0.1) is 10.1 Å². The molecule has 2 rings (SSSR count). The van der Waals surface area contributed by atoms with E-state index in [-0.39, 0.29) is 22.4 Å². The summed E-state index contributed by atoms with van der Waals surface area (Å²) in [4.78, 5) is 12.4. The fraction of sp³-hybridized carbons (Fsp3) is 0.571.